The molecule has 2 aromatic carbocycles. The highest BCUT2D eigenvalue weighted by Gasteiger charge is 2.42. The Bertz CT molecular complexity index is 1110. The highest BCUT2D eigenvalue weighted by Crippen LogP contribution is 2.47. The van der Waals surface area contributed by atoms with Crippen LogP contribution in [0, 0.1) is 15.9 Å². The maximum absolute atomic E-state index is 14.6. The van der Waals surface area contributed by atoms with Crippen LogP contribution in [0.1, 0.15) is 37.2 Å². The molecular weight excluding hydrogens is 434 g/mol. The molecular formula is C21H15Cl2FN2O4. The van der Waals surface area contributed by atoms with Gasteiger partial charge in [0.25, 0.3) is 5.69 Å². The van der Waals surface area contributed by atoms with E-state index >= 15 is 0 Å². The van der Waals surface area contributed by atoms with Crippen LogP contribution in [0.4, 0.5) is 15.8 Å². The van der Waals surface area contributed by atoms with E-state index in [1.165, 1.54) is 35.2 Å². The number of rotatable bonds is 3. The molecule has 1 unspecified atom stereocenters. The van der Waals surface area contributed by atoms with Gasteiger partial charge in [0, 0.05) is 51.7 Å². The van der Waals surface area contributed by atoms with Gasteiger partial charge in [-0.25, -0.2) is 4.39 Å². The first-order chi connectivity index (χ1) is 14.3. The first kappa shape index (κ1) is 20.5. The van der Waals surface area contributed by atoms with Crippen LogP contribution >= 0.6 is 23.2 Å². The van der Waals surface area contributed by atoms with Gasteiger partial charge in [0.2, 0.25) is 5.91 Å². The van der Waals surface area contributed by atoms with E-state index in [-0.39, 0.29) is 51.2 Å². The quantitative estimate of drug-likeness (QED) is 0.454. The number of amides is 1. The fourth-order valence-electron chi connectivity index (χ4n) is 4.19. The van der Waals surface area contributed by atoms with E-state index in [0.717, 1.165) is 6.07 Å². The molecule has 1 amide bonds. The predicted molar refractivity (Wildman–Crippen MR) is 110 cm³/mol. The molecule has 1 heterocycles. The van der Waals surface area contributed by atoms with Gasteiger partial charge in [-0.15, -0.1) is 0 Å². The number of hydrogen-bond donors (Lipinski definition) is 0. The van der Waals surface area contributed by atoms with E-state index in [1.54, 1.807) is 0 Å². The summed E-state index contributed by atoms with van der Waals surface area (Å²) in [5, 5.41) is 11.9. The van der Waals surface area contributed by atoms with Gasteiger partial charge >= 0.3 is 0 Å². The molecule has 4 rings (SSSR count). The van der Waals surface area contributed by atoms with Crippen molar-refractivity contribution in [3.05, 3.63) is 79.2 Å². The SMILES string of the molecule is O=C1CCCC2=C1C(c1c(F)cccc1Cl)CC(=O)N2c1ccc(Cl)cc1[N+](=O)[O-]. The molecule has 0 aromatic heterocycles. The van der Waals surface area contributed by atoms with Crippen LogP contribution in [0.15, 0.2) is 47.7 Å². The Morgan fingerprint density at radius 3 is 2.60 bits per heavy atom. The second-order valence-corrected chi connectivity index (χ2v) is 7.99. The first-order valence-electron chi connectivity index (χ1n) is 9.26. The molecule has 0 spiro atoms. The van der Waals surface area contributed by atoms with Crippen LogP contribution in [0.25, 0.3) is 0 Å². The van der Waals surface area contributed by atoms with Gasteiger partial charge in [0.15, 0.2) is 5.78 Å². The summed E-state index contributed by atoms with van der Waals surface area (Å²) in [6.07, 6.45) is 0.868. The van der Waals surface area contributed by atoms with Crippen molar-refractivity contribution in [2.45, 2.75) is 31.6 Å². The van der Waals surface area contributed by atoms with Crippen molar-refractivity contribution in [2.75, 3.05) is 4.90 Å². The van der Waals surface area contributed by atoms with Crippen LogP contribution < -0.4 is 4.90 Å². The van der Waals surface area contributed by atoms with E-state index < -0.39 is 22.6 Å². The number of nitro groups is 1. The van der Waals surface area contributed by atoms with E-state index in [2.05, 4.69) is 0 Å². The first-order valence-corrected chi connectivity index (χ1v) is 10.0. The van der Waals surface area contributed by atoms with Crippen molar-refractivity contribution in [1.82, 2.24) is 0 Å². The summed E-state index contributed by atoms with van der Waals surface area (Å²) in [6, 6.07) is 8.19. The summed E-state index contributed by atoms with van der Waals surface area (Å²) in [7, 11) is 0. The molecule has 2 aromatic rings. The number of ketones is 1. The molecule has 1 atom stereocenters. The van der Waals surface area contributed by atoms with Crippen molar-refractivity contribution in [3.8, 4) is 0 Å². The van der Waals surface area contributed by atoms with Gasteiger partial charge in [-0.3, -0.25) is 24.6 Å². The lowest BCUT2D eigenvalue weighted by atomic mass is 9.77. The predicted octanol–water partition coefficient (Wildman–Crippen LogP) is 5.57. The fraction of sp³-hybridized carbons (Fsp3) is 0.238. The lowest BCUT2D eigenvalue weighted by Gasteiger charge is -2.38. The topological polar surface area (TPSA) is 80.5 Å². The summed E-state index contributed by atoms with van der Waals surface area (Å²) >= 11 is 12.1. The fourth-order valence-corrected chi connectivity index (χ4v) is 4.66. The zero-order chi connectivity index (χ0) is 21.6. The zero-order valence-corrected chi connectivity index (χ0v) is 17.0. The zero-order valence-electron chi connectivity index (χ0n) is 15.5. The van der Waals surface area contributed by atoms with Crippen LogP contribution in [0.2, 0.25) is 10.0 Å². The second kappa shape index (κ2) is 7.81. The Morgan fingerprint density at radius 1 is 1.13 bits per heavy atom. The number of benzene rings is 2. The number of nitro benzene ring substituents is 1. The Kier molecular flexibility index (Phi) is 5.34. The summed E-state index contributed by atoms with van der Waals surface area (Å²) < 4.78 is 14.6. The second-order valence-electron chi connectivity index (χ2n) is 7.15. The lowest BCUT2D eigenvalue weighted by molar-refractivity contribution is -0.384. The number of carbonyl (C=O) groups excluding carboxylic acids is 2. The van der Waals surface area contributed by atoms with Crippen molar-refractivity contribution in [1.29, 1.82) is 0 Å². The summed E-state index contributed by atoms with van der Waals surface area (Å²) in [4.78, 5) is 38.2. The summed E-state index contributed by atoms with van der Waals surface area (Å²) in [6.45, 7) is 0. The van der Waals surface area contributed by atoms with Crippen LogP contribution in [0.3, 0.4) is 0 Å². The number of hydrogen-bond acceptors (Lipinski definition) is 4. The largest absolute Gasteiger partial charge is 0.294 e. The highest BCUT2D eigenvalue weighted by atomic mass is 35.5. The van der Waals surface area contributed by atoms with Gasteiger partial charge < -0.3 is 0 Å². The minimum Gasteiger partial charge on any atom is -0.294 e. The minimum absolute atomic E-state index is 0.0367. The summed E-state index contributed by atoms with van der Waals surface area (Å²) in [5.74, 6) is -2.12. The van der Waals surface area contributed by atoms with Gasteiger partial charge in [-0.05, 0) is 37.1 Å². The average molecular weight is 449 g/mol. The van der Waals surface area contributed by atoms with Crippen molar-refractivity contribution in [2.24, 2.45) is 0 Å². The molecule has 1 aliphatic heterocycles. The molecule has 1 aliphatic carbocycles. The third-order valence-corrected chi connectivity index (χ3v) is 5.96. The van der Waals surface area contributed by atoms with E-state index in [1.807, 2.05) is 0 Å². The Morgan fingerprint density at radius 2 is 1.90 bits per heavy atom. The summed E-state index contributed by atoms with van der Waals surface area (Å²) in [5.41, 5.74) is 0.438. The number of carbonyl (C=O) groups is 2. The molecule has 0 N–H and O–H groups in total. The maximum atomic E-state index is 14.6. The monoisotopic (exact) mass is 448 g/mol. The van der Waals surface area contributed by atoms with Gasteiger partial charge in [0.1, 0.15) is 11.5 Å². The number of Topliss-reactive ketones (excluding diaryl/α,β-unsaturated/α-hetero) is 1. The minimum atomic E-state index is -0.836. The number of halogens is 3. The number of allylic oxidation sites excluding steroid dienone is 2. The highest BCUT2D eigenvalue weighted by molar-refractivity contribution is 6.31. The molecule has 6 nitrogen and oxygen atoms in total. The lowest BCUT2D eigenvalue weighted by Crippen LogP contribution is -2.41. The van der Waals surface area contributed by atoms with E-state index in [0.29, 0.717) is 18.5 Å². The Labute approximate surface area is 181 Å². The van der Waals surface area contributed by atoms with Gasteiger partial charge in [-0.1, -0.05) is 29.3 Å². The number of anilines is 1. The molecule has 0 saturated heterocycles. The average Bonchev–Trinajstić information content (AvgIpc) is 2.68. The molecule has 0 radical (unpaired) electrons. The standard InChI is InChI=1S/C21H15Cl2FN2O4/c22-11-7-8-15(17(9-11)26(29)30)25-16-5-2-6-18(27)21(16)12(10-19(25)28)20-13(23)3-1-4-14(20)24/h1,3-4,7-9,12H,2,5-6,10H2. The van der Waals surface area contributed by atoms with Crippen molar-refractivity contribution < 1.29 is 18.9 Å². The Balaban J connectivity index is 1.95. The molecule has 0 saturated carbocycles. The smallest absolute Gasteiger partial charge is 0.294 e. The van der Waals surface area contributed by atoms with Crippen molar-refractivity contribution in [3.63, 3.8) is 0 Å². The van der Waals surface area contributed by atoms with Crippen LogP contribution in [-0.2, 0) is 9.59 Å². The van der Waals surface area contributed by atoms with Crippen LogP contribution in [-0.4, -0.2) is 16.6 Å². The third kappa shape index (κ3) is 3.38. The van der Waals surface area contributed by atoms with E-state index in [4.69, 9.17) is 23.2 Å². The molecule has 2 aliphatic rings. The molecule has 154 valence electrons. The third-order valence-electron chi connectivity index (χ3n) is 5.40. The maximum Gasteiger partial charge on any atom is 0.294 e. The normalized spacial score (nSPS) is 19.2. The number of nitrogens with zero attached hydrogens (tertiary/aromatic N) is 2. The van der Waals surface area contributed by atoms with Gasteiger partial charge in [0.05, 0.1) is 4.92 Å². The molecule has 30 heavy (non-hydrogen) atoms. The molecule has 9 heteroatoms. The molecule has 0 fully saturated rings. The van der Waals surface area contributed by atoms with Crippen molar-refractivity contribution >= 4 is 46.3 Å². The van der Waals surface area contributed by atoms with Gasteiger partial charge in [-0.2, -0.15) is 0 Å². The van der Waals surface area contributed by atoms with E-state index in [9.17, 15) is 24.1 Å². The Hall–Kier alpha value is -2.77. The van der Waals surface area contributed by atoms with Crippen LogP contribution in [0.5, 0.6) is 0 Å². The molecule has 0 bridgehead atoms.